The number of benzene rings is 1. The van der Waals surface area contributed by atoms with Crippen LogP contribution < -0.4 is 10.5 Å². The molecular weight excluding hydrogens is 423 g/mol. The van der Waals surface area contributed by atoms with Gasteiger partial charge in [-0.1, -0.05) is 12.1 Å². The molecule has 0 aliphatic carbocycles. The maximum absolute atomic E-state index is 13.4. The molecule has 2 atom stereocenters. The number of hydrogen-bond donors (Lipinski definition) is 1. The number of nitrogens with zero attached hydrogens (tertiary/aromatic N) is 3. The van der Waals surface area contributed by atoms with Crippen LogP contribution in [0.25, 0.3) is 0 Å². The second kappa shape index (κ2) is 9.58. The van der Waals surface area contributed by atoms with Gasteiger partial charge in [-0.25, -0.2) is 9.37 Å². The zero-order chi connectivity index (χ0) is 21.8. The molecule has 2 saturated heterocycles. The van der Waals surface area contributed by atoms with Gasteiger partial charge in [-0.2, -0.15) is 17.0 Å². The van der Waals surface area contributed by atoms with Crippen molar-refractivity contribution in [2.24, 2.45) is 5.73 Å². The first kappa shape index (κ1) is 22.1. The normalized spacial score (nSPS) is 23.2. The van der Waals surface area contributed by atoms with Crippen molar-refractivity contribution < 1.29 is 22.3 Å². The number of halogens is 1. The Labute approximate surface area is 181 Å². The third-order valence-corrected chi connectivity index (χ3v) is 7.81. The van der Waals surface area contributed by atoms with Gasteiger partial charge in [0, 0.05) is 38.4 Å². The Morgan fingerprint density at radius 2 is 1.94 bits per heavy atom. The molecule has 2 aliphatic heterocycles. The van der Waals surface area contributed by atoms with E-state index in [1.54, 1.807) is 24.4 Å². The van der Waals surface area contributed by atoms with Crippen LogP contribution in [-0.4, -0.2) is 67.5 Å². The summed E-state index contributed by atoms with van der Waals surface area (Å²) in [5.74, 6) is 0.0514. The lowest BCUT2D eigenvalue weighted by atomic mass is 9.96. The molecule has 8 nitrogen and oxygen atoms in total. The molecule has 10 heteroatoms. The number of hydrogen-bond acceptors (Lipinski definition) is 6. The summed E-state index contributed by atoms with van der Waals surface area (Å²) in [5, 5.41) is 0. The van der Waals surface area contributed by atoms with Gasteiger partial charge in [0.15, 0.2) is 0 Å². The van der Waals surface area contributed by atoms with Gasteiger partial charge in [-0.3, -0.25) is 0 Å². The highest BCUT2D eigenvalue weighted by molar-refractivity contribution is 7.86. The molecule has 0 amide bonds. The molecule has 0 radical (unpaired) electrons. The Kier molecular flexibility index (Phi) is 6.83. The number of nitrogens with two attached hydrogens (primary N) is 1. The van der Waals surface area contributed by atoms with E-state index in [9.17, 15) is 12.8 Å². The zero-order valence-corrected chi connectivity index (χ0v) is 18.0. The van der Waals surface area contributed by atoms with Gasteiger partial charge in [-0.05, 0) is 41.7 Å². The molecule has 0 saturated carbocycles. The van der Waals surface area contributed by atoms with Gasteiger partial charge < -0.3 is 15.2 Å². The standard InChI is InChI=1S/C21H27FN4O4S/c22-19-3-1-17(2-4-19)18-12-20(15-30-21-11-16(13-23)5-6-24-21)26(14-18)31(27,28)25-7-9-29-10-8-25/h1-6,11,18,20H,7-10,12-15,23H2/t18-,20-/m1/s1. The lowest BCUT2D eigenvalue weighted by molar-refractivity contribution is 0.0693. The predicted octanol–water partition coefficient (Wildman–Crippen LogP) is 1.49. The van der Waals surface area contributed by atoms with Crippen LogP contribution in [-0.2, 0) is 21.5 Å². The summed E-state index contributed by atoms with van der Waals surface area (Å²) in [6.07, 6.45) is 2.20. The first-order valence-electron chi connectivity index (χ1n) is 10.4. The molecule has 3 heterocycles. The Balaban J connectivity index is 1.55. The lowest BCUT2D eigenvalue weighted by Crippen LogP contribution is -2.51. The monoisotopic (exact) mass is 450 g/mol. The highest BCUT2D eigenvalue weighted by atomic mass is 32.2. The van der Waals surface area contributed by atoms with Crippen molar-refractivity contribution in [2.45, 2.75) is 24.9 Å². The van der Waals surface area contributed by atoms with Crippen LogP contribution in [0, 0.1) is 5.82 Å². The molecular formula is C21H27FN4O4S. The lowest BCUT2D eigenvalue weighted by Gasteiger charge is -2.32. The number of pyridine rings is 1. The fourth-order valence-corrected chi connectivity index (χ4v) is 5.86. The zero-order valence-electron chi connectivity index (χ0n) is 17.2. The van der Waals surface area contributed by atoms with Crippen molar-refractivity contribution in [2.75, 3.05) is 39.5 Å². The molecule has 0 bridgehead atoms. The summed E-state index contributed by atoms with van der Waals surface area (Å²) < 4.78 is 54.3. The predicted molar refractivity (Wildman–Crippen MR) is 113 cm³/mol. The van der Waals surface area contributed by atoms with Gasteiger partial charge in [0.05, 0.1) is 19.3 Å². The minimum Gasteiger partial charge on any atom is -0.476 e. The molecule has 1 aromatic carbocycles. The molecule has 31 heavy (non-hydrogen) atoms. The minimum absolute atomic E-state index is 0.0478. The quantitative estimate of drug-likeness (QED) is 0.687. The smallest absolute Gasteiger partial charge is 0.282 e. The number of morpholine rings is 1. The van der Waals surface area contributed by atoms with E-state index in [-0.39, 0.29) is 24.4 Å². The molecule has 2 aromatic rings. The average molecular weight is 451 g/mol. The van der Waals surface area contributed by atoms with Crippen LogP contribution in [0.5, 0.6) is 5.88 Å². The van der Waals surface area contributed by atoms with Crippen LogP contribution in [0.4, 0.5) is 4.39 Å². The Hall–Kier alpha value is -2.11. The molecule has 0 unspecified atom stereocenters. The SMILES string of the molecule is NCc1ccnc(OC[C@H]2C[C@@H](c3ccc(F)cc3)CN2S(=O)(=O)N2CCOCC2)c1. The number of ether oxygens (including phenoxy) is 2. The molecule has 2 fully saturated rings. The summed E-state index contributed by atoms with van der Waals surface area (Å²) in [6, 6.07) is 9.44. The first-order valence-corrected chi connectivity index (χ1v) is 11.7. The minimum atomic E-state index is -3.69. The summed E-state index contributed by atoms with van der Waals surface area (Å²) in [5.41, 5.74) is 7.48. The summed E-state index contributed by atoms with van der Waals surface area (Å²) in [4.78, 5) is 4.20. The molecule has 2 N–H and O–H groups in total. The fraction of sp³-hybridized carbons (Fsp3) is 0.476. The van der Waals surface area contributed by atoms with Crippen molar-refractivity contribution in [1.29, 1.82) is 0 Å². The highest BCUT2D eigenvalue weighted by Crippen LogP contribution is 2.35. The maximum Gasteiger partial charge on any atom is 0.282 e. The molecule has 168 valence electrons. The summed E-state index contributed by atoms with van der Waals surface area (Å²) >= 11 is 0. The highest BCUT2D eigenvalue weighted by Gasteiger charge is 2.43. The van der Waals surface area contributed by atoms with Crippen molar-refractivity contribution in [3.63, 3.8) is 0 Å². The second-order valence-electron chi connectivity index (χ2n) is 7.74. The van der Waals surface area contributed by atoms with Crippen molar-refractivity contribution in [1.82, 2.24) is 13.6 Å². The van der Waals surface area contributed by atoms with E-state index >= 15 is 0 Å². The second-order valence-corrected chi connectivity index (χ2v) is 9.63. The molecule has 4 rings (SSSR count). The van der Waals surface area contributed by atoms with E-state index in [2.05, 4.69) is 4.98 Å². The Bertz CT molecular complexity index is 983. The van der Waals surface area contributed by atoms with Crippen LogP contribution in [0.2, 0.25) is 0 Å². The largest absolute Gasteiger partial charge is 0.476 e. The van der Waals surface area contributed by atoms with Gasteiger partial charge >= 0.3 is 0 Å². The van der Waals surface area contributed by atoms with Gasteiger partial charge in [0.2, 0.25) is 5.88 Å². The van der Waals surface area contributed by atoms with Crippen molar-refractivity contribution in [3.05, 3.63) is 59.5 Å². The third-order valence-electron chi connectivity index (χ3n) is 5.76. The van der Waals surface area contributed by atoms with Gasteiger partial charge in [-0.15, -0.1) is 0 Å². The summed E-state index contributed by atoms with van der Waals surface area (Å²) in [7, 11) is -3.69. The molecule has 2 aliphatic rings. The topological polar surface area (TPSA) is 98.0 Å². The van der Waals surface area contributed by atoms with E-state index in [0.717, 1.165) is 11.1 Å². The first-order chi connectivity index (χ1) is 15.0. The number of aromatic nitrogens is 1. The van der Waals surface area contributed by atoms with E-state index < -0.39 is 10.2 Å². The fourth-order valence-electron chi connectivity index (χ4n) is 4.06. The molecule has 1 aromatic heterocycles. The van der Waals surface area contributed by atoms with Gasteiger partial charge in [0.25, 0.3) is 10.2 Å². The molecule has 0 spiro atoms. The van der Waals surface area contributed by atoms with Crippen molar-refractivity contribution >= 4 is 10.2 Å². The van der Waals surface area contributed by atoms with Crippen LogP contribution in [0.15, 0.2) is 42.6 Å². The van der Waals surface area contributed by atoms with E-state index in [1.807, 2.05) is 6.07 Å². The van der Waals surface area contributed by atoms with Crippen LogP contribution in [0.1, 0.15) is 23.5 Å². The summed E-state index contributed by atoms with van der Waals surface area (Å²) in [6.45, 7) is 2.27. The van der Waals surface area contributed by atoms with E-state index in [1.165, 1.54) is 20.7 Å². The van der Waals surface area contributed by atoms with E-state index in [4.69, 9.17) is 15.2 Å². The average Bonchev–Trinajstić information content (AvgIpc) is 3.24. The van der Waals surface area contributed by atoms with Crippen molar-refractivity contribution in [3.8, 4) is 5.88 Å². The van der Waals surface area contributed by atoms with Gasteiger partial charge in [0.1, 0.15) is 12.4 Å². The Morgan fingerprint density at radius 3 is 2.65 bits per heavy atom. The Morgan fingerprint density at radius 1 is 1.19 bits per heavy atom. The van der Waals surface area contributed by atoms with E-state index in [0.29, 0.717) is 51.7 Å². The van der Waals surface area contributed by atoms with Crippen LogP contribution >= 0.6 is 0 Å². The third kappa shape index (κ3) is 5.04. The maximum atomic E-state index is 13.4. The van der Waals surface area contributed by atoms with Crippen LogP contribution in [0.3, 0.4) is 0 Å². The number of rotatable bonds is 7.